The van der Waals surface area contributed by atoms with E-state index in [0.29, 0.717) is 5.82 Å². The fraction of sp³-hybridized carbons (Fsp3) is 0.143. The van der Waals surface area contributed by atoms with Crippen LogP contribution < -0.4 is 0 Å². The first kappa shape index (κ1) is 14.6. The molecule has 2 heterocycles. The second-order valence-corrected chi connectivity index (χ2v) is 6.85. The van der Waals surface area contributed by atoms with E-state index in [-0.39, 0.29) is 11.4 Å². The van der Waals surface area contributed by atoms with E-state index in [0.717, 1.165) is 33.8 Å². The summed E-state index contributed by atoms with van der Waals surface area (Å²) < 4.78 is 39.0. The van der Waals surface area contributed by atoms with E-state index in [4.69, 9.17) is 0 Å². The number of fused-ring (bicyclic) bond motifs is 1. The summed E-state index contributed by atoms with van der Waals surface area (Å²) >= 11 is 0. The highest BCUT2D eigenvalue weighted by atomic mass is 32.2. The number of hydrogen-bond acceptors (Lipinski definition) is 4. The van der Waals surface area contributed by atoms with Gasteiger partial charge in [0.15, 0.2) is 0 Å². The van der Waals surface area contributed by atoms with E-state index in [2.05, 4.69) is 15.0 Å². The number of nitrogens with zero attached hydrogens (tertiary/aromatic N) is 3. The zero-order chi connectivity index (χ0) is 15.7. The van der Waals surface area contributed by atoms with Gasteiger partial charge < -0.3 is 4.98 Å². The van der Waals surface area contributed by atoms with Gasteiger partial charge >= 0.3 is 0 Å². The summed E-state index contributed by atoms with van der Waals surface area (Å²) in [7, 11) is -2.42. The summed E-state index contributed by atoms with van der Waals surface area (Å²) in [5, 5.41) is 0. The van der Waals surface area contributed by atoms with Crippen molar-refractivity contribution >= 4 is 21.1 Å². The third kappa shape index (κ3) is 2.70. The van der Waals surface area contributed by atoms with Gasteiger partial charge in [0.25, 0.3) is 0 Å². The number of aromatic amines is 1. The highest BCUT2D eigenvalue weighted by molar-refractivity contribution is 7.89. The smallest absolute Gasteiger partial charge is 0.244 e. The first-order chi connectivity index (χ1) is 10.5. The van der Waals surface area contributed by atoms with Crippen molar-refractivity contribution in [2.75, 3.05) is 7.05 Å². The van der Waals surface area contributed by atoms with Gasteiger partial charge in [-0.15, -0.1) is 0 Å². The number of rotatable bonds is 4. The van der Waals surface area contributed by atoms with Gasteiger partial charge in [-0.1, -0.05) is 12.1 Å². The standard InChI is InChI=1S/C14H13FN4O2S/c1-19(22(20,21)11-6-10(15)7-16-8-11)9-14-17-12-4-2-3-5-13(12)18-14/h2-8H,9H2,1H3,(H,17,18). The SMILES string of the molecule is CN(Cc1nc2ccccc2[nH]1)S(=O)(=O)c1cncc(F)c1. The molecule has 0 radical (unpaired) electrons. The number of para-hydroxylation sites is 2. The van der Waals surface area contributed by atoms with Crippen LogP contribution in [0.2, 0.25) is 0 Å². The van der Waals surface area contributed by atoms with Gasteiger partial charge in [0.2, 0.25) is 10.0 Å². The van der Waals surface area contributed by atoms with Crippen molar-refractivity contribution in [2.24, 2.45) is 0 Å². The minimum absolute atomic E-state index is 0.0491. The number of imidazole rings is 1. The molecule has 3 aromatic rings. The molecule has 1 N–H and O–H groups in total. The van der Waals surface area contributed by atoms with Gasteiger partial charge in [0.05, 0.1) is 23.8 Å². The number of sulfonamides is 1. The molecule has 6 nitrogen and oxygen atoms in total. The van der Waals surface area contributed by atoms with Crippen LogP contribution >= 0.6 is 0 Å². The lowest BCUT2D eigenvalue weighted by Gasteiger charge is -2.15. The number of pyridine rings is 1. The van der Waals surface area contributed by atoms with E-state index >= 15 is 0 Å². The van der Waals surface area contributed by atoms with E-state index in [9.17, 15) is 12.8 Å². The molecule has 0 aliphatic heterocycles. The Balaban J connectivity index is 1.88. The molecule has 0 atom stereocenters. The highest BCUT2D eigenvalue weighted by Gasteiger charge is 2.22. The van der Waals surface area contributed by atoms with Crippen molar-refractivity contribution in [3.05, 3.63) is 54.4 Å². The Morgan fingerprint density at radius 2 is 2.05 bits per heavy atom. The van der Waals surface area contributed by atoms with Crippen LogP contribution in [0.4, 0.5) is 4.39 Å². The molecule has 0 aliphatic carbocycles. The second kappa shape index (κ2) is 5.47. The molecule has 0 unspecified atom stereocenters. The minimum Gasteiger partial charge on any atom is -0.341 e. The van der Waals surface area contributed by atoms with Crippen molar-refractivity contribution in [3.8, 4) is 0 Å². The molecule has 1 aromatic carbocycles. The van der Waals surface area contributed by atoms with Crippen LogP contribution in [0.3, 0.4) is 0 Å². The molecule has 8 heteroatoms. The van der Waals surface area contributed by atoms with Crippen LogP contribution in [0.25, 0.3) is 11.0 Å². The summed E-state index contributed by atoms with van der Waals surface area (Å²) in [6.07, 6.45) is 2.08. The maximum absolute atomic E-state index is 13.2. The van der Waals surface area contributed by atoms with Crippen LogP contribution in [0.5, 0.6) is 0 Å². The maximum atomic E-state index is 13.2. The summed E-state index contributed by atoms with van der Waals surface area (Å²) in [6.45, 7) is 0.0491. The molecule has 0 spiro atoms. The van der Waals surface area contributed by atoms with Gasteiger partial charge in [0.1, 0.15) is 16.5 Å². The van der Waals surface area contributed by atoms with E-state index in [1.807, 2.05) is 24.3 Å². The Morgan fingerprint density at radius 1 is 1.27 bits per heavy atom. The second-order valence-electron chi connectivity index (χ2n) is 4.80. The quantitative estimate of drug-likeness (QED) is 0.796. The number of H-pyrrole nitrogens is 1. The first-order valence-electron chi connectivity index (χ1n) is 6.47. The lowest BCUT2D eigenvalue weighted by Crippen LogP contribution is -2.27. The van der Waals surface area contributed by atoms with Gasteiger partial charge in [-0.25, -0.2) is 17.8 Å². The average Bonchev–Trinajstić information content (AvgIpc) is 2.89. The molecule has 0 amide bonds. The number of benzene rings is 1. The Labute approximate surface area is 126 Å². The van der Waals surface area contributed by atoms with E-state index in [1.165, 1.54) is 7.05 Å². The Bertz CT molecular complexity index is 890. The zero-order valence-corrected chi connectivity index (χ0v) is 12.5. The lowest BCUT2D eigenvalue weighted by molar-refractivity contribution is 0.457. The fourth-order valence-electron chi connectivity index (χ4n) is 2.09. The van der Waals surface area contributed by atoms with Crippen molar-refractivity contribution in [3.63, 3.8) is 0 Å². The molecule has 0 bridgehead atoms. The lowest BCUT2D eigenvalue weighted by atomic mass is 10.3. The van der Waals surface area contributed by atoms with Crippen LogP contribution in [0.1, 0.15) is 5.82 Å². The number of aromatic nitrogens is 3. The fourth-order valence-corrected chi connectivity index (χ4v) is 3.20. The Hall–Kier alpha value is -2.32. The van der Waals surface area contributed by atoms with Crippen molar-refractivity contribution in [1.29, 1.82) is 0 Å². The van der Waals surface area contributed by atoms with Gasteiger partial charge in [-0.3, -0.25) is 4.98 Å². The third-order valence-electron chi connectivity index (χ3n) is 3.20. The van der Waals surface area contributed by atoms with Crippen molar-refractivity contribution in [2.45, 2.75) is 11.4 Å². The minimum atomic E-state index is -3.83. The summed E-state index contributed by atoms with van der Waals surface area (Å²) in [5.74, 6) is -0.185. The maximum Gasteiger partial charge on any atom is 0.244 e. The van der Waals surface area contributed by atoms with Crippen LogP contribution in [0.15, 0.2) is 47.6 Å². The van der Waals surface area contributed by atoms with Crippen LogP contribution in [-0.2, 0) is 16.6 Å². The first-order valence-corrected chi connectivity index (χ1v) is 7.91. The van der Waals surface area contributed by atoms with E-state index in [1.54, 1.807) is 0 Å². The predicted molar refractivity (Wildman–Crippen MR) is 78.9 cm³/mol. The largest absolute Gasteiger partial charge is 0.341 e. The molecule has 2 aromatic heterocycles. The summed E-state index contributed by atoms with van der Waals surface area (Å²) in [4.78, 5) is 10.8. The molecular formula is C14H13FN4O2S. The predicted octanol–water partition coefficient (Wildman–Crippen LogP) is 1.92. The average molecular weight is 320 g/mol. The summed E-state index contributed by atoms with van der Waals surface area (Å²) in [5.41, 5.74) is 1.59. The third-order valence-corrected chi connectivity index (χ3v) is 4.97. The van der Waals surface area contributed by atoms with Gasteiger partial charge in [-0.05, 0) is 18.2 Å². The van der Waals surface area contributed by atoms with Gasteiger partial charge in [-0.2, -0.15) is 4.31 Å². The summed E-state index contributed by atoms with van der Waals surface area (Å²) in [6, 6.07) is 8.35. The van der Waals surface area contributed by atoms with Crippen LogP contribution in [0, 0.1) is 5.82 Å². The Kier molecular flexibility index (Phi) is 3.63. The molecular weight excluding hydrogens is 307 g/mol. The number of nitrogens with one attached hydrogen (secondary N) is 1. The normalized spacial score (nSPS) is 12.1. The molecule has 22 heavy (non-hydrogen) atoms. The molecule has 0 fully saturated rings. The van der Waals surface area contributed by atoms with Crippen molar-refractivity contribution < 1.29 is 12.8 Å². The van der Waals surface area contributed by atoms with Crippen LogP contribution in [-0.4, -0.2) is 34.7 Å². The van der Waals surface area contributed by atoms with E-state index < -0.39 is 15.8 Å². The molecule has 3 rings (SSSR count). The Morgan fingerprint density at radius 3 is 2.77 bits per heavy atom. The highest BCUT2D eigenvalue weighted by Crippen LogP contribution is 2.17. The number of hydrogen-bond donors (Lipinski definition) is 1. The van der Waals surface area contributed by atoms with Gasteiger partial charge in [0, 0.05) is 13.2 Å². The monoisotopic (exact) mass is 320 g/mol. The molecule has 114 valence electrons. The van der Waals surface area contributed by atoms with Crippen molar-refractivity contribution in [1.82, 2.24) is 19.3 Å². The molecule has 0 saturated heterocycles. The molecule has 0 saturated carbocycles. The number of halogens is 1. The molecule has 0 aliphatic rings. The zero-order valence-electron chi connectivity index (χ0n) is 11.7. The topological polar surface area (TPSA) is 79.0 Å².